The maximum Gasteiger partial charge on any atom is 0.119 e. The van der Waals surface area contributed by atoms with E-state index >= 15 is 0 Å². The van der Waals surface area contributed by atoms with Crippen molar-refractivity contribution < 1.29 is 4.74 Å². The topological polar surface area (TPSA) is 21.3 Å². The van der Waals surface area contributed by atoms with E-state index in [4.69, 9.17) is 11.2 Å². The van der Waals surface area contributed by atoms with Gasteiger partial charge in [-0.15, -0.1) is 12.3 Å². The van der Waals surface area contributed by atoms with Gasteiger partial charge in [0.2, 0.25) is 0 Å². The van der Waals surface area contributed by atoms with E-state index in [0.29, 0.717) is 6.04 Å². The Labute approximate surface area is 117 Å². The Bertz CT molecular complexity index is 377. The van der Waals surface area contributed by atoms with Gasteiger partial charge in [0.1, 0.15) is 5.75 Å². The Balaban J connectivity index is 2.32. The molecule has 0 bridgehead atoms. The van der Waals surface area contributed by atoms with Crippen LogP contribution in [-0.4, -0.2) is 13.2 Å². The molecule has 0 radical (unpaired) electrons. The van der Waals surface area contributed by atoms with E-state index in [2.05, 4.69) is 37.2 Å². The number of hydrogen-bond acceptors (Lipinski definition) is 2. The van der Waals surface area contributed by atoms with Crippen LogP contribution in [0.2, 0.25) is 0 Å². The zero-order chi connectivity index (χ0) is 13.9. The highest BCUT2D eigenvalue weighted by atomic mass is 16.5. The molecule has 1 N–H and O–H groups in total. The van der Waals surface area contributed by atoms with Gasteiger partial charge >= 0.3 is 0 Å². The molecule has 0 aliphatic rings. The van der Waals surface area contributed by atoms with E-state index in [1.165, 1.54) is 5.56 Å². The largest absolute Gasteiger partial charge is 0.494 e. The standard InChI is InChI=1S/C17H25NO/c1-4-6-7-8-13-18-15(3)16-9-11-17(12-10-16)19-14-5-2/h1,9-12,15,18H,5-8,13-14H2,2-3H3. The van der Waals surface area contributed by atoms with Gasteiger partial charge < -0.3 is 10.1 Å². The summed E-state index contributed by atoms with van der Waals surface area (Å²) in [6.45, 7) is 6.09. The van der Waals surface area contributed by atoms with Crippen LogP contribution in [0.5, 0.6) is 5.75 Å². The Kier molecular flexibility index (Phi) is 7.77. The van der Waals surface area contributed by atoms with Crippen LogP contribution >= 0.6 is 0 Å². The second-order valence-electron chi connectivity index (χ2n) is 4.75. The molecular weight excluding hydrogens is 234 g/mol. The fourth-order valence-electron chi connectivity index (χ4n) is 1.86. The van der Waals surface area contributed by atoms with E-state index in [-0.39, 0.29) is 0 Å². The summed E-state index contributed by atoms with van der Waals surface area (Å²) < 4.78 is 5.58. The van der Waals surface area contributed by atoms with Crippen molar-refractivity contribution in [2.75, 3.05) is 13.2 Å². The lowest BCUT2D eigenvalue weighted by Crippen LogP contribution is -2.19. The van der Waals surface area contributed by atoms with Gasteiger partial charge in [0.05, 0.1) is 6.61 Å². The van der Waals surface area contributed by atoms with Gasteiger partial charge in [0.15, 0.2) is 0 Å². The van der Waals surface area contributed by atoms with E-state index < -0.39 is 0 Å². The second-order valence-corrected chi connectivity index (χ2v) is 4.75. The first-order valence-electron chi connectivity index (χ1n) is 7.17. The average Bonchev–Trinajstić information content (AvgIpc) is 2.45. The highest BCUT2D eigenvalue weighted by Crippen LogP contribution is 2.17. The van der Waals surface area contributed by atoms with Crippen LogP contribution < -0.4 is 10.1 Å². The molecule has 2 heteroatoms. The predicted molar refractivity (Wildman–Crippen MR) is 81.3 cm³/mol. The van der Waals surface area contributed by atoms with Crippen molar-refractivity contribution >= 4 is 0 Å². The van der Waals surface area contributed by atoms with Gasteiger partial charge in [-0.1, -0.05) is 19.1 Å². The van der Waals surface area contributed by atoms with Crippen LogP contribution in [0.15, 0.2) is 24.3 Å². The highest BCUT2D eigenvalue weighted by Gasteiger charge is 2.04. The fourth-order valence-corrected chi connectivity index (χ4v) is 1.86. The molecule has 2 nitrogen and oxygen atoms in total. The smallest absolute Gasteiger partial charge is 0.119 e. The summed E-state index contributed by atoms with van der Waals surface area (Å²) in [7, 11) is 0. The second kappa shape index (κ2) is 9.47. The third-order valence-electron chi connectivity index (χ3n) is 3.05. The molecule has 0 aliphatic carbocycles. The van der Waals surface area contributed by atoms with Crippen molar-refractivity contribution in [3.63, 3.8) is 0 Å². The lowest BCUT2D eigenvalue weighted by molar-refractivity contribution is 0.317. The van der Waals surface area contributed by atoms with Crippen LogP contribution in [0.25, 0.3) is 0 Å². The number of hydrogen-bond donors (Lipinski definition) is 1. The van der Waals surface area contributed by atoms with Gasteiger partial charge in [-0.2, -0.15) is 0 Å². The molecule has 19 heavy (non-hydrogen) atoms. The van der Waals surface area contributed by atoms with Crippen molar-refractivity contribution in [3.05, 3.63) is 29.8 Å². The molecule has 1 unspecified atom stereocenters. The van der Waals surface area contributed by atoms with Crippen LogP contribution in [-0.2, 0) is 0 Å². The fraction of sp³-hybridized carbons (Fsp3) is 0.529. The molecule has 0 heterocycles. The maximum absolute atomic E-state index is 5.58. The molecule has 0 aromatic heterocycles. The Morgan fingerprint density at radius 2 is 2.00 bits per heavy atom. The van der Waals surface area contributed by atoms with Crippen LogP contribution in [0, 0.1) is 12.3 Å². The summed E-state index contributed by atoms with van der Waals surface area (Å²) in [6.07, 6.45) is 9.37. The molecule has 104 valence electrons. The van der Waals surface area contributed by atoms with E-state index in [9.17, 15) is 0 Å². The summed E-state index contributed by atoms with van der Waals surface area (Å²) in [4.78, 5) is 0. The van der Waals surface area contributed by atoms with Crippen molar-refractivity contribution in [2.45, 2.75) is 45.6 Å². The first-order chi connectivity index (χ1) is 9.27. The quantitative estimate of drug-likeness (QED) is 0.536. The first-order valence-corrected chi connectivity index (χ1v) is 7.17. The SMILES string of the molecule is C#CCCCCNC(C)c1ccc(OCCC)cc1. The molecule has 1 rings (SSSR count). The van der Waals surface area contributed by atoms with E-state index in [1.54, 1.807) is 0 Å². The Morgan fingerprint density at radius 1 is 1.26 bits per heavy atom. The summed E-state index contributed by atoms with van der Waals surface area (Å²) in [6, 6.07) is 8.71. The zero-order valence-electron chi connectivity index (χ0n) is 12.1. The third-order valence-corrected chi connectivity index (χ3v) is 3.05. The number of terminal acetylenes is 1. The van der Waals surface area contributed by atoms with Crippen LogP contribution in [0.1, 0.15) is 51.1 Å². The molecule has 1 aromatic rings. The predicted octanol–water partition coefficient (Wildman–Crippen LogP) is 3.93. The van der Waals surface area contributed by atoms with E-state index in [1.807, 2.05) is 12.1 Å². The molecule has 0 aliphatic heterocycles. The highest BCUT2D eigenvalue weighted by molar-refractivity contribution is 5.28. The average molecular weight is 259 g/mol. The van der Waals surface area contributed by atoms with Crippen molar-refractivity contribution in [3.8, 4) is 18.1 Å². The zero-order valence-corrected chi connectivity index (χ0v) is 12.1. The summed E-state index contributed by atoms with van der Waals surface area (Å²) in [5.74, 6) is 3.62. The van der Waals surface area contributed by atoms with E-state index in [0.717, 1.165) is 44.6 Å². The molecule has 0 saturated carbocycles. The molecule has 0 fully saturated rings. The van der Waals surface area contributed by atoms with Crippen molar-refractivity contribution in [1.82, 2.24) is 5.32 Å². The first kappa shape index (κ1) is 15.6. The minimum absolute atomic E-state index is 0.367. The molecule has 0 saturated heterocycles. The normalized spacial score (nSPS) is 11.8. The van der Waals surface area contributed by atoms with Gasteiger partial charge in [-0.3, -0.25) is 0 Å². The number of rotatable bonds is 9. The minimum Gasteiger partial charge on any atom is -0.494 e. The monoisotopic (exact) mass is 259 g/mol. The van der Waals surface area contributed by atoms with Gasteiger partial charge in [0.25, 0.3) is 0 Å². The number of ether oxygens (including phenoxy) is 1. The molecule has 1 aromatic carbocycles. The molecule has 0 spiro atoms. The lowest BCUT2D eigenvalue weighted by atomic mass is 10.1. The number of benzene rings is 1. The van der Waals surface area contributed by atoms with Crippen molar-refractivity contribution in [1.29, 1.82) is 0 Å². The lowest BCUT2D eigenvalue weighted by Gasteiger charge is -2.14. The molecular formula is C17H25NO. The van der Waals surface area contributed by atoms with Crippen LogP contribution in [0.4, 0.5) is 0 Å². The van der Waals surface area contributed by atoms with Crippen LogP contribution in [0.3, 0.4) is 0 Å². The summed E-state index contributed by atoms with van der Waals surface area (Å²) in [5, 5.41) is 3.51. The minimum atomic E-state index is 0.367. The number of nitrogens with one attached hydrogen (secondary N) is 1. The number of unbranched alkanes of at least 4 members (excludes halogenated alkanes) is 2. The summed E-state index contributed by atoms with van der Waals surface area (Å²) >= 11 is 0. The van der Waals surface area contributed by atoms with Gasteiger partial charge in [0, 0.05) is 12.5 Å². The maximum atomic E-state index is 5.58. The van der Waals surface area contributed by atoms with Gasteiger partial charge in [-0.05, 0) is 50.4 Å². The van der Waals surface area contributed by atoms with Crippen molar-refractivity contribution in [2.24, 2.45) is 0 Å². The Morgan fingerprint density at radius 3 is 2.63 bits per heavy atom. The molecule has 0 amide bonds. The summed E-state index contributed by atoms with van der Waals surface area (Å²) in [5.41, 5.74) is 1.29. The Hall–Kier alpha value is -1.46. The third kappa shape index (κ3) is 6.31. The molecule has 1 atom stereocenters. The van der Waals surface area contributed by atoms with Gasteiger partial charge in [-0.25, -0.2) is 0 Å².